The zero-order valence-corrected chi connectivity index (χ0v) is 11.4. The molecular formula is C14H12BrFO2. The number of ether oxygens (including phenoxy) is 1. The summed E-state index contributed by atoms with van der Waals surface area (Å²) in [6, 6.07) is 9.97. The van der Waals surface area contributed by atoms with Crippen LogP contribution in [-0.4, -0.2) is 5.11 Å². The van der Waals surface area contributed by atoms with Gasteiger partial charge in [0.1, 0.15) is 17.3 Å². The Kier molecular flexibility index (Phi) is 3.99. The summed E-state index contributed by atoms with van der Waals surface area (Å²) in [7, 11) is 0. The monoisotopic (exact) mass is 310 g/mol. The number of rotatable bonds is 3. The second kappa shape index (κ2) is 5.50. The Balaban J connectivity index is 2.34. The molecule has 0 bridgehead atoms. The van der Waals surface area contributed by atoms with Crippen molar-refractivity contribution in [3.63, 3.8) is 0 Å². The molecule has 18 heavy (non-hydrogen) atoms. The summed E-state index contributed by atoms with van der Waals surface area (Å²) in [5.41, 5.74) is 1.19. The van der Waals surface area contributed by atoms with Crippen LogP contribution >= 0.6 is 15.9 Å². The predicted octanol–water partition coefficient (Wildman–Crippen LogP) is 4.18. The SMILES string of the molecule is Cc1cc(Oc2cccc(F)c2CO)ccc1Br. The molecule has 2 aromatic rings. The van der Waals surface area contributed by atoms with Gasteiger partial charge in [-0.25, -0.2) is 4.39 Å². The van der Waals surface area contributed by atoms with Gasteiger partial charge in [-0.1, -0.05) is 22.0 Å². The molecule has 0 atom stereocenters. The molecule has 4 heteroatoms. The molecule has 0 aliphatic heterocycles. The minimum atomic E-state index is -0.469. The minimum absolute atomic E-state index is 0.165. The van der Waals surface area contributed by atoms with Crippen LogP contribution in [0.1, 0.15) is 11.1 Å². The van der Waals surface area contributed by atoms with Gasteiger partial charge in [-0.3, -0.25) is 0 Å². The molecule has 0 radical (unpaired) electrons. The minimum Gasteiger partial charge on any atom is -0.457 e. The Morgan fingerprint density at radius 1 is 1.28 bits per heavy atom. The van der Waals surface area contributed by atoms with Crippen LogP contribution in [0.3, 0.4) is 0 Å². The van der Waals surface area contributed by atoms with E-state index in [2.05, 4.69) is 15.9 Å². The fraction of sp³-hybridized carbons (Fsp3) is 0.143. The van der Waals surface area contributed by atoms with Crippen LogP contribution in [0.25, 0.3) is 0 Å². The van der Waals surface area contributed by atoms with E-state index < -0.39 is 12.4 Å². The first-order valence-electron chi connectivity index (χ1n) is 5.44. The topological polar surface area (TPSA) is 29.5 Å². The first-order valence-corrected chi connectivity index (χ1v) is 6.23. The number of halogens is 2. The highest BCUT2D eigenvalue weighted by Gasteiger charge is 2.09. The predicted molar refractivity (Wildman–Crippen MR) is 71.3 cm³/mol. The number of aryl methyl sites for hydroxylation is 1. The van der Waals surface area contributed by atoms with Crippen molar-refractivity contribution in [2.45, 2.75) is 13.5 Å². The molecular weight excluding hydrogens is 299 g/mol. The number of hydrogen-bond donors (Lipinski definition) is 1. The summed E-state index contributed by atoms with van der Waals surface area (Å²) in [5, 5.41) is 9.15. The van der Waals surface area contributed by atoms with E-state index in [1.54, 1.807) is 18.2 Å². The quantitative estimate of drug-likeness (QED) is 0.921. The second-order valence-corrected chi connectivity index (χ2v) is 4.74. The maximum Gasteiger partial charge on any atom is 0.135 e. The molecule has 0 saturated heterocycles. The average molecular weight is 311 g/mol. The van der Waals surface area contributed by atoms with E-state index in [0.29, 0.717) is 11.5 Å². The molecule has 0 fully saturated rings. The van der Waals surface area contributed by atoms with Crippen molar-refractivity contribution < 1.29 is 14.2 Å². The highest BCUT2D eigenvalue weighted by Crippen LogP contribution is 2.29. The molecule has 0 aromatic heterocycles. The van der Waals surface area contributed by atoms with Gasteiger partial charge in [0, 0.05) is 4.47 Å². The van der Waals surface area contributed by atoms with Crippen LogP contribution in [0.4, 0.5) is 4.39 Å². The van der Waals surface area contributed by atoms with Crippen molar-refractivity contribution in [1.82, 2.24) is 0 Å². The third-order valence-corrected chi connectivity index (χ3v) is 3.48. The molecule has 2 nitrogen and oxygen atoms in total. The van der Waals surface area contributed by atoms with Crippen molar-refractivity contribution in [2.24, 2.45) is 0 Å². The average Bonchev–Trinajstić information content (AvgIpc) is 2.34. The summed E-state index contributed by atoms with van der Waals surface area (Å²) in [6.07, 6.45) is 0. The van der Waals surface area contributed by atoms with Gasteiger partial charge in [0.25, 0.3) is 0 Å². The highest BCUT2D eigenvalue weighted by atomic mass is 79.9. The molecule has 0 saturated carbocycles. The van der Waals surface area contributed by atoms with Gasteiger partial charge >= 0.3 is 0 Å². The zero-order valence-electron chi connectivity index (χ0n) is 9.78. The Hall–Kier alpha value is -1.39. The van der Waals surface area contributed by atoms with Crippen molar-refractivity contribution in [3.05, 3.63) is 57.8 Å². The number of aliphatic hydroxyl groups excluding tert-OH is 1. The second-order valence-electron chi connectivity index (χ2n) is 3.89. The molecule has 0 aliphatic carbocycles. The normalized spacial score (nSPS) is 10.4. The lowest BCUT2D eigenvalue weighted by molar-refractivity contribution is 0.270. The van der Waals surface area contributed by atoms with E-state index in [0.717, 1.165) is 10.0 Å². The van der Waals surface area contributed by atoms with Gasteiger partial charge in [0.2, 0.25) is 0 Å². The lowest BCUT2D eigenvalue weighted by Gasteiger charge is -2.11. The highest BCUT2D eigenvalue weighted by molar-refractivity contribution is 9.10. The Morgan fingerprint density at radius 3 is 2.72 bits per heavy atom. The van der Waals surface area contributed by atoms with Crippen molar-refractivity contribution in [3.8, 4) is 11.5 Å². The first-order chi connectivity index (χ1) is 8.61. The first kappa shape index (κ1) is 13.1. The van der Waals surface area contributed by atoms with Crippen LogP contribution in [-0.2, 0) is 6.61 Å². The van der Waals surface area contributed by atoms with Gasteiger partial charge in [-0.05, 0) is 42.8 Å². The van der Waals surface area contributed by atoms with Gasteiger partial charge < -0.3 is 9.84 Å². The van der Waals surface area contributed by atoms with Gasteiger partial charge in [-0.2, -0.15) is 0 Å². The van der Waals surface area contributed by atoms with E-state index >= 15 is 0 Å². The van der Waals surface area contributed by atoms with Crippen LogP contribution in [0.5, 0.6) is 11.5 Å². The third-order valence-electron chi connectivity index (χ3n) is 2.59. The summed E-state index contributed by atoms with van der Waals surface area (Å²) in [5.74, 6) is 0.471. The molecule has 0 aliphatic rings. The Morgan fingerprint density at radius 2 is 2.06 bits per heavy atom. The van der Waals surface area contributed by atoms with Gasteiger partial charge in [0.05, 0.1) is 12.2 Å². The van der Waals surface area contributed by atoms with Crippen molar-refractivity contribution >= 4 is 15.9 Å². The van der Waals surface area contributed by atoms with Crippen LogP contribution in [0, 0.1) is 12.7 Å². The molecule has 0 unspecified atom stereocenters. The lowest BCUT2D eigenvalue weighted by Crippen LogP contribution is -1.95. The third kappa shape index (κ3) is 2.71. The smallest absolute Gasteiger partial charge is 0.135 e. The lowest BCUT2D eigenvalue weighted by atomic mass is 10.2. The molecule has 2 rings (SSSR count). The number of hydrogen-bond acceptors (Lipinski definition) is 2. The summed E-state index contributed by atoms with van der Waals surface area (Å²) >= 11 is 3.40. The molecule has 0 heterocycles. The Labute approximate surface area is 113 Å². The van der Waals surface area contributed by atoms with Gasteiger partial charge in [-0.15, -0.1) is 0 Å². The van der Waals surface area contributed by atoms with Crippen molar-refractivity contribution in [1.29, 1.82) is 0 Å². The maximum absolute atomic E-state index is 13.4. The largest absolute Gasteiger partial charge is 0.457 e. The van der Waals surface area contributed by atoms with E-state index in [9.17, 15) is 4.39 Å². The van der Waals surface area contributed by atoms with Crippen LogP contribution in [0.15, 0.2) is 40.9 Å². The molecule has 2 aromatic carbocycles. The van der Waals surface area contributed by atoms with Crippen molar-refractivity contribution in [2.75, 3.05) is 0 Å². The van der Waals surface area contributed by atoms with Crippen LogP contribution in [0.2, 0.25) is 0 Å². The summed E-state index contributed by atoms with van der Waals surface area (Å²) in [4.78, 5) is 0. The molecule has 94 valence electrons. The van der Waals surface area contributed by atoms with Crippen LogP contribution < -0.4 is 4.74 Å². The van der Waals surface area contributed by atoms with Gasteiger partial charge in [0.15, 0.2) is 0 Å². The van der Waals surface area contributed by atoms with E-state index in [1.807, 2.05) is 19.1 Å². The molecule has 0 spiro atoms. The van der Waals surface area contributed by atoms with E-state index in [-0.39, 0.29) is 5.56 Å². The molecule has 0 amide bonds. The Bertz CT molecular complexity index is 570. The van der Waals surface area contributed by atoms with E-state index in [4.69, 9.17) is 9.84 Å². The molecule has 1 N–H and O–H groups in total. The fourth-order valence-electron chi connectivity index (χ4n) is 1.60. The maximum atomic E-state index is 13.4. The number of benzene rings is 2. The number of aliphatic hydroxyl groups is 1. The van der Waals surface area contributed by atoms with E-state index in [1.165, 1.54) is 6.07 Å². The summed E-state index contributed by atoms with van der Waals surface area (Å²) < 4.78 is 20.0. The fourth-order valence-corrected chi connectivity index (χ4v) is 1.84. The standard InChI is InChI=1S/C14H12BrFO2/c1-9-7-10(5-6-12(9)15)18-14-4-2-3-13(16)11(14)8-17/h2-7,17H,8H2,1H3. The zero-order chi connectivity index (χ0) is 13.1. The summed E-state index contributed by atoms with van der Waals surface area (Å²) in [6.45, 7) is 1.55.